The number of nitrogens with two attached hydrogens (primary N) is 1. The van der Waals surface area contributed by atoms with Crippen molar-refractivity contribution in [1.29, 1.82) is 0 Å². The maximum atomic E-state index is 11.3. The summed E-state index contributed by atoms with van der Waals surface area (Å²) in [6.45, 7) is 4.38. The molecule has 0 saturated heterocycles. The van der Waals surface area contributed by atoms with Crippen molar-refractivity contribution in [3.63, 3.8) is 0 Å². The van der Waals surface area contributed by atoms with Crippen LogP contribution in [-0.2, 0) is 5.75 Å². The number of rotatable bonds is 6. The highest BCUT2D eigenvalue weighted by atomic mass is 32.2. The molecular weight excluding hydrogens is 224 g/mol. The van der Waals surface area contributed by atoms with Crippen molar-refractivity contribution < 1.29 is 9.21 Å². The second-order valence-electron chi connectivity index (χ2n) is 3.76. The van der Waals surface area contributed by atoms with Crippen molar-refractivity contribution in [3.8, 4) is 0 Å². The topological polar surface area (TPSA) is 68.3 Å². The lowest BCUT2D eigenvalue weighted by Crippen LogP contribution is -2.30. The van der Waals surface area contributed by atoms with Crippen LogP contribution in [0.15, 0.2) is 16.7 Å². The number of thioether (sulfide) groups is 1. The van der Waals surface area contributed by atoms with E-state index in [1.165, 1.54) is 12.7 Å². The zero-order valence-corrected chi connectivity index (χ0v) is 10.5. The third-order valence-corrected chi connectivity index (χ3v) is 3.72. The van der Waals surface area contributed by atoms with Gasteiger partial charge in [-0.25, -0.2) is 5.84 Å². The van der Waals surface area contributed by atoms with E-state index in [0.717, 1.165) is 5.75 Å². The number of nitrogen functional groups attached to an aromatic ring is 1. The highest BCUT2D eigenvalue weighted by molar-refractivity contribution is 7.98. The summed E-state index contributed by atoms with van der Waals surface area (Å²) in [5.74, 6) is 7.94. The highest BCUT2D eigenvalue weighted by Crippen LogP contribution is 2.20. The summed E-state index contributed by atoms with van der Waals surface area (Å²) in [4.78, 5) is 11.3. The van der Waals surface area contributed by atoms with Crippen molar-refractivity contribution in [3.05, 3.63) is 23.7 Å². The Morgan fingerprint density at radius 1 is 1.69 bits per heavy atom. The molecule has 1 rings (SSSR count). The molecule has 5 heteroatoms. The Kier molecular flexibility index (Phi) is 5.42. The zero-order chi connectivity index (χ0) is 12.0. The molecule has 0 saturated carbocycles. The van der Waals surface area contributed by atoms with Crippen LogP contribution in [0, 0.1) is 5.92 Å². The third-order valence-electron chi connectivity index (χ3n) is 2.45. The average Bonchev–Trinajstić information content (AvgIpc) is 2.76. The van der Waals surface area contributed by atoms with E-state index >= 15 is 0 Å². The molecule has 0 bridgehead atoms. The van der Waals surface area contributed by atoms with Gasteiger partial charge in [0, 0.05) is 0 Å². The number of carbonyl (C=O) groups is 1. The first-order chi connectivity index (χ1) is 7.69. The molecule has 0 aliphatic heterocycles. The van der Waals surface area contributed by atoms with E-state index in [9.17, 15) is 4.79 Å². The van der Waals surface area contributed by atoms with Crippen molar-refractivity contribution in [2.24, 2.45) is 11.8 Å². The lowest BCUT2D eigenvalue weighted by atomic mass is 10.2. The van der Waals surface area contributed by atoms with E-state index < -0.39 is 0 Å². The van der Waals surface area contributed by atoms with Gasteiger partial charge in [0.05, 0.1) is 17.6 Å². The fraction of sp³-hybridized carbons (Fsp3) is 0.545. The van der Waals surface area contributed by atoms with Crippen LogP contribution in [0.2, 0.25) is 0 Å². The summed E-state index contributed by atoms with van der Waals surface area (Å²) >= 11 is 1.77. The van der Waals surface area contributed by atoms with Crippen molar-refractivity contribution in [2.45, 2.75) is 26.0 Å². The molecule has 3 N–H and O–H groups in total. The van der Waals surface area contributed by atoms with Gasteiger partial charge in [0.15, 0.2) is 0 Å². The fourth-order valence-corrected chi connectivity index (χ4v) is 2.37. The van der Waals surface area contributed by atoms with Crippen LogP contribution in [0.3, 0.4) is 0 Å². The molecule has 90 valence electrons. The molecule has 4 nitrogen and oxygen atoms in total. The van der Waals surface area contributed by atoms with E-state index in [4.69, 9.17) is 10.3 Å². The number of furan rings is 1. The van der Waals surface area contributed by atoms with Crippen LogP contribution in [0.5, 0.6) is 0 Å². The minimum atomic E-state index is -0.298. The van der Waals surface area contributed by atoms with Gasteiger partial charge in [0.2, 0.25) is 0 Å². The Bertz CT molecular complexity index is 338. The molecule has 1 atom stereocenters. The van der Waals surface area contributed by atoms with Gasteiger partial charge in [0.1, 0.15) is 5.76 Å². The van der Waals surface area contributed by atoms with E-state index in [0.29, 0.717) is 23.0 Å². The Balaban J connectivity index is 2.48. The van der Waals surface area contributed by atoms with Gasteiger partial charge in [-0.1, -0.05) is 20.3 Å². The zero-order valence-electron chi connectivity index (χ0n) is 9.66. The molecule has 1 heterocycles. The van der Waals surface area contributed by atoms with Gasteiger partial charge in [0.25, 0.3) is 5.91 Å². The SMILES string of the molecule is CCC(C)CSCc1occc1C(=O)NN. The Labute approximate surface area is 99.9 Å². The minimum Gasteiger partial charge on any atom is -0.468 e. The second-order valence-corrected chi connectivity index (χ2v) is 4.79. The van der Waals surface area contributed by atoms with E-state index in [-0.39, 0.29) is 5.91 Å². The highest BCUT2D eigenvalue weighted by Gasteiger charge is 2.13. The van der Waals surface area contributed by atoms with Crippen LogP contribution in [-0.4, -0.2) is 11.7 Å². The predicted octanol–water partition coefficient (Wildman–Crippen LogP) is 2.16. The molecular formula is C11H18N2O2S. The van der Waals surface area contributed by atoms with Crippen molar-refractivity contribution >= 4 is 17.7 Å². The first-order valence-corrected chi connectivity index (χ1v) is 6.49. The first-order valence-electron chi connectivity index (χ1n) is 5.34. The summed E-state index contributed by atoms with van der Waals surface area (Å²) in [6, 6.07) is 1.64. The maximum absolute atomic E-state index is 11.3. The lowest BCUT2D eigenvalue weighted by molar-refractivity contribution is 0.0952. The van der Waals surface area contributed by atoms with Crippen LogP contribution in [0.4, 0.5) is 0 Å². The first kappa shape index (κ1) is 13.1. The van der Waals surface area contributed by atoms with E-state index in [1.54, 1.807) is 17.8 Å². The standard InChI is InChI=1S/C11H18N2O2S/c1-3-8(2)6-16-7-10-9(4-5-15-10)11(14)13-12/h4-5,8H,3,6-7,12H2,1-2H3,(H,13,14). The van der Waals surface area contributed by atoms with Gasteiger partial charge in [-0.3, -0.25) is 10.2 Å². The molecule has 0 aliphatic rings. The third kappa shape index (κ3) is 3.57. The summed E-state index contributed by atoms with van der Waals surface area (Å²) in [5, 5.41) is 0. The summed E-state index contributed by atoms with van der Waals surface area (Å²) in [5.41, 5.74) is 2.64. The number of carbonyl (C=O) groups excluding carboxylic acids is 1. The number of hydrogen-bond acceptors (Lipinski definition) is 4. The van der Waals surface area contributed by atoms with Gasteiger partial charge < -0.3 is 4.42 Å². The molecule has 1 unspecified atom stereocenters. The van der Waals surface area contributed by atoms with E-state index in [2.05, 4.69) is 19.3 Å². The normalized spacial score (nSPS) is 12.4. The lowest BCUT2D eigenvalue weighted by Gasteiger charge is -2.07. The second kappa shape index (κ2) is 6.60. The Morgan fingerprint density at radius 3 is 3.06 bits per heavy atom. The van der Waals surface area contributed by atoms with Crippen LogP contribution >= 0.6 is 11.8 Å². The molecule has 1 aromatic heterocycles. The fourth-order valence-electron chi connectivity index (χ4n) is 1.20. The predicted molar refractivity (Wildman–Crippen MR) is 66.0 cm³/mol. The maximum Gasteiger partial charge on any atom is 0.268 e. The number of amides is 1. The summed E-state index contributed by atoms with van der Waals surface area (Å²) < 4.78 is 5.27. The van der Waals surface area contributed by atoms with Crippen molar-refractivity contribution in [2.75, 3.05) is 5.75 Å². The minimum absolute atomic E-state index is 0.298. The molecule has 0 aliphatic carbocycles. The molecule has 0 fully saturated rings. The molecule has 1 amide bonds. The van der Waals surface area contributed by atoms with Crippen LogP contribution in [0.25, 0.3) is 0 Å². The summed E-state index contributed by atoms with van der Waals surface area (Å²) in [7, 11) is 0. The smallest absolute Gasteiger partial charge is 0.268 e. The monoisotopic (exact) mass is 242 g/mol. The summed E-state index contributed by atoms with van der Waals surface area (Å²) in [6.07, 6.45) is 2.69. The molecule has 0 aromatic carbocycles. The van der Waals surface area contributed by atoms with Gasteiger partial charge in [-0.05, 0) is 17.7 Å². The van der Waals surface area contributed by atoms with Gasteiger partial charge >= 0.3 is 0 Å². The Morgan fingerprint density at radius 2 is 2.44 bits per heavy atom. The van der Waals surface area contributed by atoms with Crippen molar-refractivity contribution in [1.82, 2.24) is 5.43 Å². The quantitative estimate of drug-likeness (QED) is 0.456. The number of nitrogens with one attached hydrogen (secondary N) is 1. The molecule has 0 radical (unpaired) electrons. The van der Waals surface area contributed by atoms with Gasteiger partial charge in [-0.2, -0.15) is 11.8 Å². The van der Waals surface area contributed by atoms with Gasteiger partial charge in [-0.15, -0.1) is 0 Å². The largest absolute Gasteiger partial charge is 0.468 e. The van der Waals surface area contributed by atoms with E-state index in [1.807, 2.05) is 0 Å². The number of hydrogen-bond donors (Lipinski definition) is 2. The van der Waals surface area contributed by atoms with Crippen LogP contribution < -0.4 is 11.3 Å². The molecule has 16 heavy (non-hydrogen) atoms. The molecule has 1 aromatic rings. The average molecular weight is 242 g/mol. The van der Waals surface area contributed by atoms with Crippen LogP contribution in [0.1, 0.15) is 36.4 Å². The number of hydrazine groups is 1. The Hall–Kier alpha value is -0.940. The molecule has 0 spiro atoms.